The summed E-state index contributed by atoms with van der Waals surface area (Å²) in [5, 5.41) is 26.4. The van der Waals surface area contributed by atoms with Crippen molar-refractivity contribution in [3.05, 3.63) is 0 Å². The van der Waals surface area contributed by atoms with Crippen LogP contribution in [0.2, 0.25) is 0 Å². The third-order valence-electron chi connectivity index (χ3n) is 1.57. The van der Waals surface area contributed by atoms with Crippen LogP contribution >= 0.6 is 25.5 Å². The van der Waals surface area contributed by atoms with Gasteiger partial charge in [0.15, 0.2) is 0 Å². The van der Waals surface area contributed by atoms with Gasteiger partial charge in [-0.15, -0.1) is 12.6 Å². The molecule has 0 aliphatic rings. The average Bonchev–Trinajstić information content (AvgIpc) is 2.08. The Morgan fingerprint density at radius 1 is 1.18 bits per heavy atom. The van der Waals surface area contributed by atoms with Crippen molar-refractivity contribution in [2.75, 3.05) is 19.8 Å². The molecule has 0 bridgehead atoms. The Kier molecular flexibility index (Phi) is 5.49. The van der Waals surface area contributed by atoms with Gasteiger partial charge in [-0.3, -0.25) is 0 Å². The highest BCUT2D eigenvalue weighted by molar-refractivity contribution is 7.82. The smallest absolute Gasteiger partial charge is 0.127 e. The summed E-state index contributed by atoms with van der Waals surface area (Å²) in [5.74, 6) is 0. The minimum absolute atomic E-state index is 0.408. The van der Waals surface area contributed by atoms with Crippen LogP contribution < -0.4 is 0 Å². The normalized spacial score (nSPS) is 15.0. The number of hydrogen-bond acceptors (Lipinski definition) is 6. The summed E-state index contributed by atoms with van der Waals surface area (Å²) in [6, 6.07) is 0. The molecular weight excluding hydrogens is 188 g/mol. The van der Waals surface area contributed by atoms with E-state index in [0.29, 0.717) is 0 Å². The van der Waals surface area contributed by atoms with Crippen LogP contribution in [0, 0.1) is 5.41 Å². The van der Waals surface area contributed by atoms with E-state index in [0.717, 1.165) is 0 Å². The fraction of sp³-hybridized carbons (Fsp3) is 1.00. The first-order valence-electron chi connectivity index (χ1n) is 2.97. The van der Waals surface area contributed by atoms with Crippen LogP contribution in [0.3, 0.4) is 0 Å². The zero-order valence-corrected chi connectivity index (χ0v) is 7.63. The van der Waals surface area contributed by atoms with E-state index in [1.54, 1.807) is 0 Å². The van der Waals surface area contributed by atoms with Crippen molar-refractivity contribution in [1.82, 2.24) is 0 Å². The van der Waals surface area contributed by atoms with Crippen molar-refractivity contribution in [3.8, 4) is 0 Å². The van der Waals surface area contributed by atoms with E-state index < -0.39 is 30.7 Å². The van der Waals surface area contributed by atoms with E-state index >= 15 is 0 Å². The molecule has 0 fully saturated rings. The zero-order chi connectivity index (χ0) is 8.91. The van der Waals surface area contributed by atoms with Crippen LogP contribution in [0.15, 0.2) is 0 Å². The molecule has 0 amide bonds. The second-order valence-corrected chi connectivity index (χ2v) is 2.97. The van der Waals surface area contributed by atoms with E-state index in [2.05, 4.69) is 29.7 Å². The molecule has 6 heteroatoms. The van der Waals surface area contributed by atoms with Crippen molar-refractivity contribution >= 4 is 25.5 Å². The molecule has 3 N–H and O–H groups in total. The molecule has 0 saturated heterocycles. The lowest BCUT2D eigenvalue weighted by Gasteiger charge is -2.30. The Morgan fingerprint density at radius 3 is 1.64 bits per heavy atom. The summed E-state index contributed by atoms with van der Waals surface area (Å²) in [6.45, 7) is -1.22. The first kappa shape index (κ1) is 11.5. The highest BCUT2D eigenvalue weighted by atomic mass is 32.1. The van der Waals surface area contributed by atoms with Crippen LogP contribution in [-0.4, -0.2) is 40.6 Å². The maximum absolute atomic E-state index is 8.80. The van der Waals surface area contributed by atoms with Crippen LogP contribution in [0.1, 0.15) is 0 Å². The second-order valence-electron chi connectivity index (χ2n) is 2.29. The second kappa shape index (κ2) is 5.23. The third-order valence-corrected chi connectivity index (χ3v) is 2.60. The first-order chi connectivity index (χ1) is 5.16. The zero-order valence-electron chi connectivity index (χ0n) is 5.84. The molecule has 0 heterocycles. The largest absolute Gasteiger partial charge is 0.395 e. The lowest BCUT2D eigenvalue weighted by Crippen LogP contribution is -2.42. The molecule has 1 unspecified atom stereocenters. The summed E-state index contributed by atoms with van der Waals surface area (Å²) >= 11 is 7.33. The van der Waals surface area contributed by atoms with E-state index in [1.165, 1.54) is 0 Å². The standard InChI is InChI=1S/C5H12O4S2/c6-1-5(2-7,3-8)4(10)9-11/h4,6-8,10-11H,1-3H2. The fourth-order valence-electron chi connectivity index (χ4n) is 0.496. The minimum atomic E-state index is -1.13. The average molecular weight is 200 g/mol. The maximum atomic E-state index is 8.80. The molecule has 0 aromatic carbocycles. The van der Waals surface area contributed by atoms with Gasteiger partial charge in [0.25, 0.3) is 0 Å². The monoisotopic (exact) mass is 200 g/mol. The van der Waals surface area contributed by atoms with Crippen molar-refractivity contribution in [2.45, 2.75) is 5.44 Å². The number of aliphatic hydroxyl groups is 3. The van der Waals surface area contributed by atoms with E-state index in [9.17, 15) is 0 Å². The van der Waals surface area contributed by atoms with Gasteiger partial charge in [0, 0.05) is 0 Å². The van der Waals surface area contributed by atoms with Gasteiger partial charge in [0.1, 0.15) is 5.44 Å². The van der Waals surface area contributed by atoms with E-state index in [-0.39, 0.29) is 0 Å². The van der Waals surface area contributed by atoms with Gasteiger partial charge in [-0.25, -0.2) is 0 Å². The molecule has 68 valence electrons. The summed E-state index contributed by atoms with van der Waals surface area (Å²) < 4.78 is 4.47. The molecular formula is C5H12O4S2. The van der Waals surface area contributed by atoms with E-state index in [1.807, 2.05) is 0 Å². The van der Waals surface area contributed by atoms with Crippen LogP contribution in [0.5, 0.6) is 0 Å². The summed E-state index contributed by atoms with van der Waals surface area (Å²) in [5.41, 5.74) is -1.93. The molecule has 0 aliphatic carbocycles. The van der Waals surface area contributed by atoms with Gasteiger partial charge in [-0.05, 0) is 12.9 Å². The van der Waals surface area contributed by atoms with Gasteiger partial charge < -0.3 is 19.5 Å². The van der Waals surface area contributed by atoms with Crippen molar-refractivity contribution in [3.63, 3.8) is 0 Å². The van der Waals surface area contributed by atoms with E-state index in [4.69, 9.17) is 15.3 Å². The van der Waals surface area contributed by atoms with Crippen LogP contribution in [-0.2, 0) is 4.18 Å². The van der Waals surface area contributed by atoms with Gasteiger partial charge in [-0.1, -0.05) is 0 Å². The predicted octanol–water partition coefficient (Wildman–Crippen LogP) is -0.933. The van der Waals surface area contributed by atoms with Crippen molar-refractivity contribution < 1.29 is 19.5 Å². The highest BCUT2D eigenvalue weighted by Gasteiger charge is 2.36. The third kappa shape index (κ3) is 2.50. The minimum Gasteiger partial charge on any atom is -0.395 e. The van der Waals surface area contributed by atoms with Crippen molar-refractivity contribution in [2.24, 2.45) is 5.41 Å². The lowest BCUT2D eigenvalue weighted by atomic mass is 9.92. The van der Waals surface area contributed by atoms with Crippen LogP contribution in [0.25, 0.3) is 0 Å². The van der Waals surface area contributed by atoms with Gasteiger partial charge >= 0.3 is 0 Å². The molecule has 0 aromatic heterocycles. The van der Waals surface area contributed by atoms with Gasteiger partial charge in [-0.2, -0.15) is 0 Å². The quantitative estimate of drug-likeness (QED) is 0.226. The fourth-order valence-corrected chi connectivity index (χ4v) is 0.965. The van der Waals surface area contributed by atoms with Gasteiger partial charge in [0.05, 0.1) is 25.2 Å². The first-order valence-corrected chi connectivity index (χ1v) is 3.86. The Hall–Kier alpha value is 0.540. The molecule has 0 radical (unpaired) electrons. The number of hydrogen-bond donors (Lipinski definition) is 5. The Labute approximate surface area is 76.2 Å². The SMILES string of the molecule is OCC(CO)(CO)C(S)OS. The molecule has 1 atom stereocenters. The molecule has 0 rings (SSSR count). The van der Waals surface area contributed by atoms with Gasteiger partial charge in [0.2, 0.25) is 0 Å². The molecule has 0 aliphatic heterocycles. The highest BCUT2D eigenvalue weighted by Crippen LogP contribution is 2.26. The molecule has 4 nitrogen and oxygen atoms in total. The van der Waals surface area contributed by atoms with Crippen molar-refractivity contribution in [1.29, 1.82) is 0 Å². The summed E-state index contributed by atoms with van der Waals surface area (Å²) in [7, 11) is 0. The molecule has 0 aromatic rings. The molecule has 0 spiro atoms. The predicted molar refractivity (Wildman–Crippen MR) is 46.5 cm³/mol. The summed E-state index contributed by atoms with van der Waals surface area (Å²) in [6.07, 6.45) is 0. The van der Waals surface area contributed by atoms with Crippen LogP contribution in [0.4, 0.5) is 0 Å². The lowest BCUT2D eigenvalue weighted by molar-refractivity contribution is -0.0327. The molecule has 11 heavy (non-hydrogen) atoms. The maximum Gasteiger partial charge on any atom is 0.127 e. The number of thiol groups is 2. The number of rotatable bonds is 5. The Bertz CT molecular complexity index is 98.4. The Balaban J connectivity index is 4.26. The molecule has 0 saturated carbocycles. The summed E-state index contributed by atoms with van der Waals surface area (Å²) in [4.78, 5) is 0. The number of aliphatic hydroxyl groups excluding tert-OH is 3. The Morgan fingerprint density at radius 2 is 1.55 bits per heavy atom. The topological polar surface area (TPSA) is 69.9 Å².